The van der Waals surface area contributed by atoms with Crippen molar-refractivity contribution in [2.24, 2.45) is 5.92 Å². The average Bonchev–Trinajstić information content (AvgIpc) is 2.27. The zero-order chi connectivity index (χ0) is 13.8. The van der Waals surface area contributed by atoms with Crippen molar-refractivity contribution >= 4 is 0 Å². The summed E-state index contributed by atoms with van der Waals surface area (Å²) in [5.74, 6) is 0.723. The third-order valence-electron chi connectivity index (χ3n) is 3.42. The van der Waals surface area contributed by atoms with Crippen molar-refractivity contribution in [1.82, 2.24) is 0 Å². The highest BCUT2D eigenvalue weighted by Crippen LogP contribution is 2.26. The molecule has 1 aromatic rings. The zero-order valence-corrected chi connectivity index (χ0v) is 12.5. The first-order valence-corrected chi connectivity index (χ1v) is 7.09. The Bertz CT molecular complexity index is 343. The van der Waals surface area contributed by atoms with Crippen LogP contribution in [0.2, 0.25) is 0 Å². The molecule has 1 heteroatoms. The summed E-state index contributed by atoms with van der Waals surface area (Å²) in [4.78, 5) is 0. The second-order valence-corrected chi connectivity index (χ2v) is 6.71. The lowest BCUT2D eigenvalue weighted by molar-refractivity contribution is 0.162. The van der Waals surface area contributed by atoms with E-state index < -0.39 is 0 Å². The maximum atomic E-state index is 10.1. The molecule has 1 N–H and O–H groups in total. The van der Waals surface area contributed by atoms with E-state index in [0.717, 1.165) is 24.3 Å². The largest absolute Gasteiger partial charge is 0.388 e. The van der Waals surface area contributed by atoms with E-state index in [-0.39, 0.29) is 11.5 Å². The molecule has 0 spiro atoms. The summed E-state index contributed by atoms with van der Waals surface area (Å²) in [6, 6.07) is 8.42. The number of hydrogen-bond donors (Lipinski definition) is 1. The Morgan fingerprint density at radius 2 is 1.56 bits per heavy atom. The third kappa shape index (κ3) is 4.81. The van der Waals surface area contributed by atoms with E-state index in [1.807, 2.05) is 0 Å². The molecule has 0 fully saturated rings. The molecular weight excluding hydrogens is 220 g/mol. The van der Waals surface area contributed by atoms with Crippen LogP contribution < -0.4 is 0 Å². The van der Waals surface area contributed by atoms with Crippen molar-refractivity contribution in [3.63, 3.8) is 0 Å². The molecular formula is C17H28O. The van der Waals surface area contributed by atoms with Crippen molar-refractivity contribution in [3.05, 3.63) is 35.4 Å². The molecule has 1 atom stereocenters. The average molecular weight is 248 g/mol. The van der Waals surface area contributed by atoms with Crippen LogP contribution in [-0.2, 0) is 5.41 Å². The van der Waals surface area contributed by atoms with Gasteiger partial charge in [-0.05, 0) is 28.9 Å². The molecule has 102 valence electrons. The van der Waals surface area contributed by atoms with Gasteiger partial charge in [0.2, 0.25) is 0 Å². The van der Waals surface area contributed by atoms with Crippen molar-refractivity contribution in [2.45, 2.75) is 65.4 Å². The molecule has 0 aliphatic heterocycles. The molecule has 0 aliphatic carbocycles. The van der Waals surface area contributed by atoms with Crippen LogP contribution in [0.4, 0.5) is 0 Å². The van der Waals surface area contributed by atoms with Gasteiger partial charge in [-0.1, -0.05) is 71.7 Å². The number of hydrogen-bond acceptors (Lipinski definition) is 1. The van der Waals surface area contributed by atoms with Gasteiger partial charge in [-0.3, -0.25) is 0 Å². The van der Waals surface area contributed by atoms with Crippen molar-refractivity contribution in [2.75, 3.05) is 0 Å². The lowest BCUT2D eigenvalue weighted by atomic mass is 9.86. The van der Waals surface area contributed by atoms with Crippen LogP contribution in [0.1, 0.15) is 71.1 Å². The van der Waals surface area contributed by atoms with E-state index in [0.29, 0.717) is 0 Å². The van der Waals surface area contributed by atoms with Crippen LogP contribution in [0.3, 0.4) is 0 Å². The second kappa shape index (κ2) is 6.38. The van der Waals surface area contributed by atoms with Gasteiger partial charge in [0.25, 0.3) is 0 Å². The van der Waals surface area contributed by atoms with E-state index in [9.17, 15) is 5.11 Å². The number of aliphatic hydroxyl groups excluding tert-OH is 1. The first-order chi connectivity index (χ1) is 8.30. The van der Waals surface area contributed by atoms with Gasteiger partial charge in [-0.2, -0.15) is 0 Å². The predicted octanol–water partition coefficient (Wildman–Crippen LogP) is 4.84. The van der Waals surface area contributed by atoms with Gasteiger partial charge in [0, 0.05) is 0 Å². The Kier molecular flexibility index (Phi) is 5.40. The van der Waals surface area contributed by atoms with E-state index in [1.165, 1.54) is 12.0 Å². The van der Waals surface area contributed by atoms with E-state index in [2.05, 4.69) is 58.9 Å². The second-order valence-electron chi connectivity index (χ2n) is 6.71. The van der Waals surface area contributed by atoms with Crippen LogP contribution in [0, 0.1) is 5.92 Å². The van der Waals surface area contributed by atoms with Gasteiger partial charge >= 0.3 is 0 Å². The smallest absolute Gasteiger partial charge is 0.0790 e. The fourth-order valence-corrected chi connectivity index (χ4v) is 2.09. The lowest BCUT2D eigenvalue weighted by Crippen LogP contribution is -2.11. The summed E-state index contributed by atoms with van der Waals surface area (Å²) in [6.07, 6.45) is 2.85. The van der Waals surface area contributed by atoms with Gasteiger partial charge in [0.1, 0.15) is 0 Å². The molecule has 0 saturated carbocycles. The monoisotopic (exact) mass is 248 g/mol. The molecule has 0 aromatic heterocycles. The first-order valence-electron chi connectivity index (χ1n) is 7.09. The number of benzene rings is 1. The van der Waals surface area contributed by atoms with Crippen molar-refractivity contribution in [1.29, 1.82) is 0 Å². The zero-order valence-electron chi connectivity index (χ0n) is 12.5. The summed E-state index contributed by atoms with van der Waals surface area (Å²) in [5, 5.41) is 10.1. The highest BCUT2D eigenvalue weighted by atomic mass is 16.3. The van der Waals surface area contributed by atoms with Crippen LogP contribution >= 0.6 is 0 Å². The molecule has 0 bridgehead atoms. The van der Waals surface area contributed by atoms with Gasteiger partial charge < -0.3 is 5.11 Å². The van der Waals surface area contributed by atoms with Gasteiger partial charge in [-0.15, -0.1) is 0 Å². The van der Waals surface area contributed by atoms with Crippen LogP contribution in [-0.4, -0.2) is 5.11 Å². The molecule has 0 heterocycles. The fraction of sp³-hybridized carbons (Fsp3) is 0.647. The quantitative estimate of drug-likeness (QED) is 0.790. The van der Waals surface area contributed by atoms with Crippen LogP contribution in [0.5, 0.6) is 0 Å². The normalized spacial score (nSPS) is 13.9. The summed E-state index contributed by atoms with van der Waals surface area (Å²) in [7, 11) is 0. The Labute approximate surface area is 112 Å². The molecule has 1 rings (SSSR count). The Balaban J connectivity index is 2.56. The van der Waals surface area contributed by atoms with Crippen LogP contribution in [0.15, 0.2) is 24.3 Å². The van der Waals surface area contributed by atoms with Crippen molar-refractivity contribution < 1.29 is 5.11 Å². The molecule has 18 heavy (non-hydrogen) atoms. The topological polar surface area (TPSA) is 20.2 Å². The minimum atomic E-state index is -0.308. The standard InChI is InChI=1S/C17H28O/c1-13(2)7-6-8-16(18)14-9-11-15(12-10-14)17(3,4)5/h9-13,16,18H,6-8H2,1-5H3. The third-order valence-corrected chi connectivity index (χ3v) is 3.42. The summed E-state index contributed by atoms with van der Waals surface area (Å²) >= 11 is 0. The molecule has 1 aromatic carbocycles. The minimum Gasteiger partial charge on any atom is -0.388 e. The van der Waals surface area contributed by atoms with E-state index >= 15 is 0 Å². The molecule has 0 radical (unpaired) electrons. The molecule has 1 nitrogen and oxygen atoms in total. The summed E-state index contributed by atoms with van der Waals surface area (Å²) in [5.41, 5.74) is 2.55. The Morgan fingerprint density at radius 3 is 2.00 bits per heavy atom. The van der Waals surface area contributed by atoms with Gasteiger partial charge in [0.15, 0.2) is 0 Å². The Hall–Kier alpha value is -0.820. The maximum Gasteiger partial charge on any atom is 0.0790 e. The highest BCUT2D eigenvalue weighted by Gasteiger charge is 2.14. The number of aliphatic hydroxyl groups is 1. The summed E-state index contributed by atoms with van der Waals surface area (Å²) < 4.78 is 0. The van der Waals surface area contributed by atoms with E-state index in [1.54, 1.807) is 0 Å². The fourth-order valence-electron chi connectivity index (χ4n) is 2.09. The highest BCUT2D eigenvalue weighted by molar-refractivity contribution is 5.28. The molecule has 1 unspecified atom stereocenters. The number of rotatable bonds is 5. The SMILES string of the molecule is CC(C)CCCC(O)c1ccc(C(C)(C)C)cc1. The lowest BCUT2D eigenvalue weighted by Gasteiger charge is -2.20. The summed E-state index contributed by atoms with van der Waals surface area (Å²) in [6.45, 7) is 11.1. The molecule has 0 aliphatic rings. The maximum absolute atomic E-state index is 10.1. The van der Waals surface area contributed by atoms with Gasteiger partial charge in [0.05, 0.1) is 6.10 Å². The minimum absolute atomic E-state index is 0.182. The van der Waals surface area contributed by atoms with Gasteiger partial charge in [-0.25, -0.2) is 0 Å². The Morgan fingerprint density at radius 1 is 1.00 bits per heavy atom. The predicted molar refractivity (Wildman–Crippen MR) is 78.8 cm³/mol. The van der Waals surface area contributed by atoms with Crippen LogP contribution in [0.25, 0.3) is 0 Å². The van der Waals surface area contributed by atoms with E-state index in [4.69, 9.17) is 0 Å². The van der Waals surface area contributed by atoms with Crippen molar-refractivity contribution in [3.8, 4) is 0 Å². The molecule has 0 saturated heterocycles. The first kappa shape index (κ1) is 15.2. The molecule has 0 amide bonds.